The van der Waals surface area contributed by atoms with E-state index in [1.54, 1.807) is 50.2 Å². The Hall–Kier alpha value is -4.66. The summed E-state index contributed by atoms with van der Waals surface area (Å²) in [7, 11) is 0. The number of amides is 2. The number of nitrogen functional groups attached to an aromatic ring is 2. The molecule has 0 spiro atoms. The topological polar surface area (TPSA) is 151 Å². The molecule has 0 radical (unpaired) electrons. The standard InChI is InChI=1S/C34H38N4O4/c1-21-25(15-9-17-27(21)35)33(41)37-29(19-23-11-5-3-6-12-23)31(39)32(40)30(20-24-13-7-4-8-14-24)38-34(42)26-16-10-18-28(36)22(26)2/h3-18,29-32,39-40H,19-20,35-36H2,1-2H3,(H,37,41)(H,38,42)/t29-,30-,31-,32+/m0/s1. The van der Waals surface area contributed by atoms with Gasteiger partial charge in [-0.25, -0.2) is 0 Å². The van der Waals surface area contributed by atoms with Crippen molar-refractivity contribution < 1.29 is 19.8 Å². The Kier molecular flexibility index (Phi) is 9.96. The summed E-state index contributed by atoms with van der Waals surface area (Å²) in [5, 5.41) is 29.1. The van der Waals surface area contributed by atoms with Crippen LogP contribution in [0.25, 0.3) is 0 Å². The number of carbonyl (C=O) groups excluding carboxylic acids is 2. The molecule has 2 amide bonds. The number of anilines is 2. The zero-order valence-electron chi connectivity index (χ0n) is 23.8. The number of hydrogen-bond acceptors (Lipinski definition) is 6. The van der Waals surface area contributed by atoms with Crippen LogP contribution in [0.2, 0.25) is 0 Å². The largest absolute Gasteiger partial charge is 0.398 e. The molecule has 4 aromatic carbocycles. The minimum absolute atomic E-state index is 0.243. The minimum atomic E-state index is -1.44. The number of aliphatic hydroxyl groups is 2. The maximum Gasteiger partial charge on any atom is 0.251 e. The smallest absolute Gasteiger partial charge is 0.251 e. The fourth-order valence-corrected chi connectivity index (χ4v) is 5.02. The lowest BCUT2D eigenvalue weighted by Crippen LogP contribution is -2.57. The van der Waals surface area contributed by atoms with Crippen LogP contribution in [0.1, 0.15) is 43.0 Å². The van der Waals surface area contributed by atoms with Gasteiger partial charge in [-0.05, 0) is 73.2 Å². The molecule has 0 aromatic heterocycles. The number of nitrogens with two attached hydrogens (primary N) is 2. The number of carbonyl (C=O) groups is 2. The second kappa shape index (κ2) is 13.8. The first-order chi connectivity index (χ1) is 20.2. The number of benzene rings is 4. The van der Waals surface area contributed by atoms with Crippen molar-refractivity contribution in [3.8, 4) is 0 Å². The Bertz CT molecular complexity index is 1400. The summed E-state index contributed by atoms with van der Waals surface area (Å²) in [6.45, 7) is 3.51. The first-order valence-electron chi connectivity index (χ1n) is 13.9. The summed E-state index contributed by atoms with van der Waals surface area (Å²) in [6, 6.07) is 27.1. The van der Waals surface area contributed by atoms with E-state index in [0.29, 0.717) is 33.6 Å². The Morgan fingerprint density at radius 1 is 0.595 bits per heavy atom. The van der Waals surface area contributed by atoms with Gasteiger partial charge in [0.2, 0.25) is 0 Å². The normalized spacial score (nSPS) is 13.9. The monoisotopic (exact) mass is 566 g/mol. The molecule has 0 aliphatic heterocycles. The van der Waals surface area contributed by atoms with Crippen LogP contribution < -0.4 is 22.1 Å². The zero-order valence-corrected chi connectivity index (χ0v) is 23.8. The summed E-state index contributed by atoms with van der Waals surface area (Å²) in [5.74, 6) is -0.850. The van der Waals surface area contributed by atoms with E-state index >= 15 is 0 Å². The molecule has 4 rings (SSSR count). The van der Waals surface area contributed by atoms with Gasteiger partial charge in [0.05, 0.1) is 12.1 Å². The number of aliphatic hydroxyl groups excluding tert-OH is 2. The molecule has 218 valence electrons. The highest BCUT2D eigenvalue weighted by Crippen LogP contribution is 2.20. The van der Waals surface area contributed by atoms with E-state index in [1.165, 1.54) is 0 Å². The Labute approximate surface area is 246 Å². The maximum absolute atomic E-state index is 13.4. The van der Waals surface area contributed by atoms with Crippen molar-refractivity contribution in [1.29, 1.82) is 0 Å². The van der Waals surface area contributed by atoms with Gasteiger partial charge >= 0.3 is 0 Å². The molecule has 0 bridgehead atoms. The van der Waals surface area contributed by atoms with Crippen LogP contribution in [0, 0.1) is 13.8 Å². The van der Waals surface area contributed by atoms with Gasteiger partial charge in [-0.2, -0.15) is 0 Å². The highest BCUT2D eigenvalue weighted by Gasteiger charge is 2.35. The second-order valence-corrected chi connectivity index (χ2v) is 10.6. The lowest BCUT2D eigenvalue weighted by Gasteiger charge is -2.33. The molecule has 0 saturated heterocycles. The van der Waals surface area contributed by atoms with Crippen LogP contribution in [0.3, 0.4) is 0 Å². The van der Waals surface area contributed by atoms with E-state index in [9.17, 15) is 19.8 Å². The number of hydrogen-bond donors (Lipinski definition) is 6. The average molecular weight is 567 g/mol. The second-order valence-electron chi connectivity index (χ2n) is 10.6. The first-order valence-corrected chi connectivity index (χ1v) is 13.9. The third-order valence-corrected chi connectivity index (χ3v) is 7.64. The van der Waals surface area contributed by atoms with Crippen molar-refractivity contribution in [2.45, 2.75) is 51.0 Å². The quantitative estimate of drug-likeness (QED) is 0.153. The van der Waals surface area contributed by atoms with Crippen LogP contribution in [-0.4, -0.2) is 46.3 Å². The predicted octanol–water partition coefficient (Wildman–Crippen LogP) is 3.57. The SMILES string of the molecule is Cc1c(N)cccc1C(=O)N[C@@H](Cc1ccccc1)[C@H](O)[C@H](O)[C@H](Cc1ccccc1)NC(=O)c1cccc(N)c1C. The van der Waals surface area contributed by atoms with Gasteiger partial charge in [-0.1, -0.05) is 72.8 Å². The molecule has 8 N–H and O–H groups in total. The molecule has 0 saturated carbocycles. The van der Waals surface area contributed by atoms with Crippen LogP contribution in [0.4, 0.5) is 11.4 Å². The van der Waals surface area contributed by atoms with Gasteiger partial charge in [0.1, 0.15) is 12.2 Å². The third-order valence-electron chi connectivity index (χ3n) is 7.64. The predicted molar refractivity (Wildman–Crippen MR) is 166 cm³/mol. The lowest BCUT2D eigenvalue weighted by atomic mass is 9.90. The van der Waals surface area contributed by atoms with Gasteiger partial charge < -0.3 is 32.3 Å². The average Bonchev–Trinajstić information content (AvgIpc) is 2.99. The van der Waals surface area contributed by atoms with Crippen LogP contribution in [-0.2, 0) is 12.8 Å². The summed E-state index contributed by atoms with van der Waals surface area (Å²) < 4.78 is 0. The highest BCUT2D eigenvalue weighted by atomic mass is 16.3. The van der Waals surface area contributed by atoms with Gasteiger partial charge in [-0.15, -0.1) is 0 Å². The Balaban J connectivity index is 1.64. The number of nitrogens with one attached hydrogen (secondary N) is 2. The van der Waals surface area contributed by atoms with Crippen molar-refractivity contribution in [3.05, 3.63) is 130 Å². The van der Waals surface area contributed by atoms with Gasteiger partial charge in [0.25, 0.3) is 11.8 Å². The fourth-order valence-electron chi connectivity index (χ4n) is 5.02. The molecule has 8 nitrogen and oxygen atoms in total. The van der Waals surface area contributed by atoms with Crippen LogP contribution in [0.5, 0.6) is 0 Å². The molecule has 0 aliphatic carbocycles. The molecule has 0 fully saturated rings. The molecule has 0 unspecified atom stereocenters. The van der Waals surface area contributed by atoms with Gasteiger partial charge in [-0.3, -0.25) is 9.59 Å². The molecule has 4 atom stereocenters. The van der Waals surface area contributed by atoms with E-state index in [0.717, 1.165) is 11.1 Å². The molecular weight excluding hydrogens is 528 g/mol. The van der Waals surface area contributed by atoms with Crippen molar-refractivity contribution in [1.82, 2.24) is 10.6 Å². The van der Waals surface area contributed by atoms with E-state index in [1.807, 2.05) is 60.7 Å². The molecule has 4 aromatic rings. The van der Waals surface area contributed by atoms with Gasteiger partial charge in [0.15, 0.2) is 0 Å². The minimum Gasteiger partial charge on any atom is -0.398 e. The van der Waals surface area contributed by atoms with Crippen molar-refractivity contribution in [3.63, 3.8) is 0 Å². The maximum atomic E-state index is 13.4. The summed E-state index contributed by atoms with van der Waals surface area (Å²) in [5.41, 5.74) is 16.7. The lowest BCUT2D eigenvalue weighted by molar-refractivity contribution is -0.0219. The Morgan fingerprint density at radius 2 is 0.952 bits per heavy atom. The third kappa shape index (κ3) is 7.34. The summed E-state index contributed by atoms with van der Waals surface area (Å²) in [6.07, 6.45) is -2.39. The first kappa shape index (κ1) is 30.3. The summed E-state index contributed by atoms with van der Waals surface area (Å²) in [4.78, 5) is 26.8. The molecular formula is C34H38N4O4. The number of rotatable bonds is 11. The van der Waals surface area contributed by atoms with E-state index in [-0.39, 0.29) is 12.8 Å². The van der Waals surface area contributed by atoms with Crippen molar-refractivity contribution in [2.24, 2.45) is 0 Å². The molecule has 0 heterocycles. The fraction of sp³-hybridized carbons (Fsp3) is 0.235. The molecule has 0 aliphatic rings. The molecule has 8 heteroatoms. The highest BCUT2D eigenvalue weighted by molar-refractivity contribution is 5.97. The van der Waals surface area contributed by atoms with Gasteiger partial charge in [0, 0.05) is 22.5 Å². The van der Waals surface area contributed by atoms with Crippen LogP contribution in [0.15, 0.2) is 97.1 Å². The summed E-state index contributed by atoms with van der Waals surface area (Å²) >= 11 is 0. The van der Waals surface area contributed by atoms with E-state index in [2.05, 4.69) is 10.6 Å². The Morgan fingerprint density at radius 3 is 1.31 bits per heavy atom. The van der Waals surface area contributed by atoms with Crippen molar-refractivity contribution >= 4 is 23.2 Å². The van der Waals surface area contributed by atoms with Crippen molar-refractivity contribution in [2.75, 3.05) is 11.5 Å². The zero-order chi connectivity index (χ0) is 30.2. The van der Waals surface area contributed by atoms with E-state index < -0.39 is 36.1 Å². The van der Waals surface area contributed by atoms with E-state index in [4.69, 9.17) is 11.5 Å². The van der Waals surface area contributed by atoms with Crippen LogP contribution >= 0.6 is 0 Å². The molecule has 42 heavy (non-hydrogen) atoms.